The van der Waals surface area contributed by atoms with Gasteiger partial charge in [0.2, 0.25) is 0 Å². The molecule has 0 bridgehead atoms. The molecule has 0 amide bonds. The summed E-state index contributed by atoms with van der Waals surface area (Å²) in [5.74, 6) is 0.871. The maximum atomic E-state index is 5.72. The molecule has 0 heterocycles. The molecular weight excluding hydrogens is 244 g/mol. The van der Waals surface area contributed by atoms with E-state index < -0.39 is 0 Å². The van der Waals surface area contributed by atoms with Crippen LogP contribution in [0.5, 0.6) is 5.75 Å². The first-order valence-electron chi connectivity index (χ1n) is 6.65. The summed E-state index contributed by atoms with van der Waals surface area (Å²) in [5, 5.41) is 0. The van der Waals surface area contributed by atoms with Crippen molar-refractivity contribution >= 4 is 0 Å². The fraction of sp³-hybridized carbons (Fsp3) is 0.0526. The summed E-state index contributed by atoms with van der Waals surface area (Å²) < 4.78 is 5.72. The van der Waals surface area contributed by atoms with E-state index in [0.717, 1.165) is 11.3 Å². The van der Waals surface area contributed by atoms with Gasteiger partial charge in [-0.15, -0.1) is 0 Å². The van der Waals surface area contributed by atoms with Gasteiger partial charge < -0.3 is 4.74 Å². The van der Waals surface area contributed by atoms with Gasteiger partial charge in [0.1, 0.15) is 12.4 Å². The molecule has 0 aliphatic carbocycles. The molecule has 0 spiro atoms. The van der Waals surface area contributed by atoms with Gasteiger partial charge in [0.05, 0.1) is 0 Å². The monoisotopic (exact) mass is 259 g/mol. The average Bonchev–Trinajstić information content (AvgIpc) is 2.55. The molecule has 3 aromatic rings. The smallest absolute Gasteiger partial charge is 0.119 e. The van der Waals surface area contributed by atoms with Crippen LogP contribution in [0, 0.1) is 6.07 Å². The summed E-state index contributed by atoms with van der Waals surface area (Å²) in [6, 6.07) is 29.4. The Morgan fingerprint density at radius 1 is 0.700 bits per heavy atom. The molecule has 0 unspecified atom stereocenters. The third-order valence-corrected chi connectivity index (χ3v) is 3.15. The molecule has 3 aromatic carbocycles. The zero-order valence-electron chi connectivity index (χ0n) is 11.1. The predicted octanol–water partition coefficient (Wildman–Crippen LogP) is 4.73. The summed E-state index contributed by atoms with van der Waals surface area (Å²) in [5.41, 5.74) is 3.62. The molecule has 1 heteroatoms. The third kappa shape index (κ3) is 3.07. The van der Waals surface area contributed by atoms with E-state index in [0.29, 0.717) is 6.61 Å². The molecule has 0 aliphatic heterocycles. The lowest BCUT2D eigenvalue weighted by Crippen LogP contribution is -1.94. The normalized spacial score (nSPS) is 10.2. The summed E-state index contributed by atoms with van der Waals surface area (Å²) in [6.07, 6.45) is 0. The molecule has 20 heavy (non-hydrogen) atoms. The van der Waals surface area contributed by atoms with Crippen molar-refractivity contribution < 1.29 is 4.74 Å². The highest BCUT2D eigenvalue weighted by Gasteiger charge is 1.98. The van der Waals surface area contributed by atoms with Crippen LogP contribution in [0.4, 0.5) is 0 Å². The van der Waals surface area contributed by atoms with Crippen molar-refractivity contribution in [3.8, 4) is 16.9 Å². The summed E-state index contributed by atoms with van der Waals surface area (Å²) >= 11 is 0. The van der Waals surface area contributed by atoms with Crippen molar-refractivity contribution in [1.29, 1.82) is 0 Å². The second kappa shape index (κ2) is 6.07. The number of hydrogen-bond acceptors (Lipinski definition) is 1. The van der Waals surface area contributed by atoms with Gasteiger partial charge in [-0.2, -0.15) is 0 Å². The van der Waals surface area contributed by atoms with Crippen LogP contribution in [0.3, 0.4) is 0 Å². The van der Waals surface area contributed by atoms with E-state index in [1.54, 1.807) is 0 Å². The topological polar surface area (TPSA) is 9.23 Å². The van der Waals surface area contributed by atoms with Crippen LogP contribution in [0.25, 0.3) is 11.1 Å². The summed E-state index contributed by atoms with van der Waals surface area (Å²) in [6.45, 7) is 0.582. The van der Waals surface area contributed by atoms with Gasteiger partial charge in [0, 0.05) is 0 Å². The molecule has 0 aliphatic rings. The van der Waals surface area contributed by atoms with Gasteiger partial charge in [0.25, 0.3) is 0 Å². The summed E-state index contributed by atoms with van der Waals surface area (Å²) in [7, 11) is 0. The van der Waals surface area contributed by atoms with Gasteiger partial charge in [-0.3, -0.25) is 0 Å². The quantitative estimate of drug-likeness (QED) is 0.658. The minimum absolute atomic E-state index is 0.582. The first-order valence-corrected chi connectivity index (χ1v) is 6.65. The first kappa shape index (κ1) is 12.5. The van der Waals surface area contributed by atoms with Crippen molar-refractivity contribution in [3.05, 3.63) is 90.5 Å². The molecule has 0 N–H and O–H groups in total. The highest BCUT2D eigenvalue weighted by Crippen LogP contribution is 2.20. The predicted molar refractivity (Wildman–Crippen MR) is 81.5 cm³/mol. The Hall–Kier alpha value is -2.54. The number of hydrogen-bond donors (Lipinski definition) is 0. The largest absolute Gasteiger partial charge is 0.489 e. The van der Waals surface area contributed by atoms with Crippen molar-refractivity contribution in [2.45, 2.75) is 6.61 Å². The van der Waals surface area contributed by atoms with Crippen LogP contribution in [0.15, 0.2) is 78.9 Å². The fourth-order valence-corrected chi connectivity index (χ4v) is 2.06. The van der Waals surface area contributed by atoms with E-state index in [4.69, 9.17) is 4.74 Å². The van der Waals surface area contributed by atoms with Gasteiger partial charge in [0.15, 0.2) is 0 Å². The van der Waals surface area contributed by atoms with E-state index in [-0.39, 0.29) is 0 Å². The molecule has 0 saturated carbocycles. The van der Waals surface area contributed by atoms with Gasteiger partial charge in [-0.1, -0.05) is 66.7 Å². The Morgan fingerprint density at radius 2 is 1.35 bits per heavy atom. The zero-order valence-corrected chi connectivity index (χ0v) is 11.1. The Balaban J connectivity index is 1.68. The number of benzene rings is 3. The van der Waals surface area contributed by atoms with Gasteiger partial charge >= 0.3 is 0 Å². The molecule has 0 saturated heterocycles. The molecule has 97 valence electrons. The second-order valence-electron chi connectivity index (χ2n) is 4.59. The van der Waals surface area contributed by atoms with Crippen LogP contribution >= 0.6 is 0 Å². The number of rotatable bonds is 4. The lowest BCUT2D eigenvalue weighted by Gasteiger charge is -2.07. The van der Waals surface area contributed by atoms with Crippen molar-refractivity contribution in [1.82, 2.24) is 0 Å². The van der Waals surface area contributed by atoms with E-state index >= 15 is 0 Å². The molecule has 3 rings (SSSR count). The Kier molecular flexibility index (Phi) is 3.79. The fourth-order valence-electron chi connectivity index (χ4n) is 2.06. The molecule has 1 radical (unpaired) electrons. The van der Waals surface area contributed by atoms with Crippen LogP contribution < -0.4 is 4.74 Å². The Morgan fingerprint density at radius 3 is 2.05 bits per heavy atom. The van der Waals surface area contributed by atoms with Crippen LogP contribution in [-0.2, 0) is 6.61 Å². The van der Waals surface area contributed by atoms with Gasteiger partial charge in [-0.25, -0.2) is 0 Å². The highest BCUT2D eigenvalue weighted by atomic mass is 16.5. The maximum absolute atomic E-state index is 5.72. The molecule has 0 aromatic heterocycles. The molecule has 1 nitrogen and oxygen atoms in total. The second-order valence-corrected chi connectivity index (χ2v) is 4.59. The summed E-state index contributed by atoms with van der Waals surface area (Å²) in [4.78, 5) is 0. The molecule has 0 atom stereocenters. The van der Waals surface area contributed by atoms with Crippen molar-refractivity contribution in [2.75, 3.05) is 0 Å². The zero-order chi connectivity index (χ0) is 13.6. The van der Waals surface area contributed by atoms with Crippen molar-refractivity contribution in [3.63, 3.8) is 0 Å². The SMILES string of the molecule is [c]1ccc(OCc2ccc(-c3ccccc3)cc2)cc1. The van der Waals surface area contributed by atoms with E-state index in [9.17, 15) is 0 Å². The minimum atomic E-state index is 0.582. The molecule has 0 fully saturated rings. The molecular formula is C19H15O. The lowest BCUT2D eigenvalue weighted by atomic mass is 10.0. The minimum Gasteiger partial charge on any atom is -0.489 e. The van der Waals surface area contributed by atoms with Gasteiger partial charge in [-0.05, 0) is 34.9 Å². The first-order chi connectivity index (χ1) is 9.92. The lowest BCUT2D eigenvalue weighted by molar-refractivity contribution is 0.306. The highest BCUT2D eigenvalue weighted by molar-refractivity contribution is 5.63. The standard InChI is InChI=1S/C19H15O/c1-3-7-17(8-4-1)18-13-11-16(12-14-18)15-20-19-9-5-2-6-10-19/h1,3-14H,15H2. The van der Waals surface area contributed by atoms with E-state index in [1.165, 1.54) is 11.1 Å². The average molecular weight is 259 g/mol. The van der Waals surface area contributed by atoms with E-state index in [1.807, 2.05) is 30.3 Å². The third-order valence-electron chi connectivity index (χ3n) is 3.15. The number of ether oxygens (including phenoxy) is 1. The van der Waals surface area contributed by atoms with Crippen molar-refractivity contribution in [2.24, 2.45) is 0 Å². The van der Waals surface area contributed by atoms with Crippen LogP contribution in [0.1, 0.15) is 5.56 Å². The Bertz CT molecular complexity index is 642. The maximum Gasteiger partial charge on any atom is 0.119 e. The van der Waals surface area contributed by atoms with E-state index in [2.05, 4.69) is 54.6 Å². The van der Waals surface area contributed by atoms with Crippen LogP contribution in [0.2, 0.25) is 0 Å². The Labute approximate surface area is 119 Å². The van der Waals surface area contributed by atoms with Crippen LogP contribution in [-0.4, -0.2) is 0 Å².